The first-order chi connectivity index (χ1) is 7.31. The van der Waals surface area contributed by atoms with Gasteiger partial charge in [0.1, 0.15) is 0 Å². The lowest BCUT2D eigenvalue weighted by molar-refractivity contribution is 0.291. The van der Waals surface area contributed by atoms with Gasteiger partial charge in [-0.05, 0) is 30.5 Å². The fraction of sp³-hybridized carbons (Fsp3) is 0.500. The highest BCUT2D eigenvalue weighted by Gasteiger charge is 2.04. The maximum atomic E-state index is 8.82. The van der Waals surface area contributed by atoms with E-state index in [1.165, 1.54) is 0 Å². The van der Waals surface area contributed by atoms with Crippen molar-refractivity contribution in [3.8, 4) is 11.5 Å². The molecule has 0 unspecified atom stereocenters. The molecule has 1 rings (SSSR count). The molecular weight excluding hydrogens is 192 g/mol. The Hall–Kier alpha value is -1.22. The predicted octanol–water partition coefficient (Wildman–Crippen LogP) is 2.02. The number of benzene rings is 1. The summed E-state index contributed by atoms with van der Waals surface area (Å²) in [5, 5.41) is 8.82. The Morgan fingerprint density at radius 1 is 1.27 bits per heavy atom. The van der Waals surface area contributed by atoms with Gasteiger partial charge in [0, 0.05) is 6.61 Å². The number of hydrogen-bond acceptors (Lipinski definition) is 3. The lowest BCUT2D eigenvalue weighted by Gasteiger charge is -2.11. The lowest BCUT2D eigenvalue weighted by atomic mass is 10.1. The SMILES string of the molecule is CCCOc1ccc(CCO)cc1OC. The molecule has 1 aromatic carbocycles. The van der Waals surface area contributed by atoms with Crippen molar-refractivity contribution in [3.63, 3.8) is 0 Å². The molecule has 84 valence electrons. The van der Waals surface area contributed by atoms with Gasteiger partial charge in [-0.3, -0.25) is 0 Å². The van der Waals surface area contributed by atoms with Crippen LogP contribution in [0.25, 0.3) is 0 Å². The van der Waals surface area contributed by atoms with E-state index in [-0.39, 0.29) is 6.61 Å². The molecule has 3 nitrogen and oxygen atoms in total. The smallest absolute Gasteiger partial charge is 0.161 e. The quantitative estimate of drug-likeness (QED) is 0.780. The monoisotopic (exact) mass is 210 g/mol. The van der Waals surface area contributed by atoms with Crippen molar-refractivity contribution in [1.29, 1.82) is 0 Å². The van der Waals surface area contributed by atoms with E-state index < -0.39 is 0 Å². The maximum absolute atomic E-state index is 8.82. The van der Waals surface area contributed by atoms with Crippen LogP contribution in [-0.4, -0.2) is 25.4 Å². The van der Waals surface area contributed by atoms with Crippen LogP contribution in [0.2, 0.25) is 0 Å². The number of methoxy groups -OCH3 is 1. The molecule has 0 saturated carbocycles. The molecule has 0 radical (unpaired) electrons. The molecule has 1 aromatic rings. The second kappa shape index (κ2) is 6.30. The van der Waals surface area contributed by atoms with Crippen LogP contribution in [0.4, 0.5) is 0 Å². The van der Waals surface area contributed by atoms with Crippen LogP contribution in [-0.2, 0) is 6.42 Å². The number of ether oxygens (including phenoxy) is 2. The Morgan fingerprint density at radius 2 is 2.07 bits per heavy atom. The van der Waals surface area contributed by atoms with E-state index >= 15 is 0 Å². The third-order valence-corrected chi connectivity index (χ3v) is 2.09. The molecule has 0 saturated heterocycles. The Bertz CT molecular complexity index is 297. The third-order valence-electron chi connectivity index (χ3n) is 2.09. The van der Waals surface area contributed by atoms with Gasteiger partial charge < -0.3 is 14.6 Å². The average molecular weight is 210 g/mol. The standard InChI is InChI=1S/C12H18O3/c1-3-8-15-11-5-4-10(6-7-13)9-12(11)14-2/h4-5,9,13H,3,6-8H2,1-2H3. The normalized spacial score (nSPS) is 10.1. The fourth-order valence-corrected chi connectivity index (χ4v) is 1.33. The van der Waals surface area contributed by atoms with Crippen LogP contribution in [0.3, 0.4) is 0 Å². The zero-order valence-electron chi connectivity index (χ0n) is 9.32. The average Bonchev–Trinajstić information content (AvgIpc) is 2.27. The first-order valence-corrected chi connectivity index (χ1v) is 5.22. The van der Waals surface area contributed by atoms with E-state index in [1.807, 2.05) is 18.2 Å². The summed E-state index contributed by atoms with van der Waals surface area (Å²) in [6.45, 7) is 2.90. The first kappa shape index (κ1) is 11.9. The zero-order valence-corrected chi connectivity index (χ0v) is 9.32. The van der Waals surface area contributed by atoms with Gasteiger partial charge in [0.2, 0.25) is 0 Å². The lowest BCUT2D eigenvalue weighted by Crippen LogP contribution is -1.99. The molecule has 0 bridgehead atoms. The summed E-state index contributed by atoms with van der Waals surface area (Å²) < 4.78 is 10.7. The predicted molar refractivity (Wildman–Crippen MR) is 59.6 cm³/mol. The van der Waals surface area contributed by atoms with Crippen LogP contribution < -0.4 is 9.47 Å². The minimum Gasteiger partial charge on any atom is -0.493 e. The topological polar surface area (TPSA) is 38.7 Å². The van der Waals surface area contributed by atoms with E-state index in [9.17, 15) is 0 Å². The molecule has 0 heterocycles. The third kappa shape index (κ3) is 3.44. The molecule has 0 aliphatic heterocycles. The molecule has 15 heavy (non-hydrogen) atoms. The van der Waals surface area contributed by atoms with Gasteiger partial charge in [0.25, 0.3) is 0 Å². The van der Waals surface area contributed by atoms with E-state index in [1.54, 1.807) is 7.11 Å². The number of aliphatic hydroxyl groups excluding tert-OH is 1. The summed E-state index contributed by atoms with van der Waals surface area (Å²) in [6.07, 6.45) is 1.62. The van der Waals surface area contributed by atoms with E-state index in [2.05, 4.69) is 6.92 Å². The van der Waals surface area contributed by atoms with Gasteiger partial charge in [-0.2, -0.15) is 0 Å². The van der Waals surface area contributed by atoms with Gasteiger partial charge >= 0.3 is 0 Å². The number of hydrogen-bond donors (Lipinski definition) is 1. The highest BCUT2D eigenvalue weighted by molar-refractivity contribution is 5.43. The van der Waals surface area contributed by atoms with E-state index in [0.717, 1.165) is 23.5 Å². The van der Waals surface area contributed by atoms with Crippen LogP contribution in [0.1, 0.15) is 18.9 Å². The van der Waals surface area contributed by atoms with Crippen LogP contribution >= 0.6 is 0 Å². The Morgan fingerprint density at radius 3 is 2.67 bits per heavy atom. The van der Waals surface area contributed by atoms with Gasteiger partial charge in [0.15, 0.2) is 11.5 Å². The highest BCUT2D eigenvalue weighted by atomic mass is 16.5. The fourth-order valence-electron chi connectivity index (χ4n) is 1.33. The van der Waals surface area contributed by atoms with Gasteiger partial charge in [-0.1, -0.05) is 13.0 Å². The summed E-state index contributed by atoms with van der Waals surface area (Å²) in [4.78, 5) is 0. The van der Waals surface area contributed by atoms with Crippen LogP contribution in [0.5, 0.6) is 11.5 Å². The molecular formula is C12H18O3. The molecule has 0 aliphatic rings. The second-order valence-corrected chi connectivity index (χ2v) is 3.31. The Balaban J connectivity index is 2.78. The van der Waals surface area contributed by atoms with Gasteiger partial charge in [-0.25, -0.2) is 0 Å². The molecule has 0 aliphatic carbocycles. The molecule has 0 spiro atoms. The minimum absolute atomic E-state index is 0.151. The van der Waals surface area contributed by atoms with Crippen molar-refractivity contribution >= 4 is 0 Å². The van der Waals surface area contributed by atoms with Crippen molar-refractivity contribution < 1.29 is 14.6 Å². The van der Waals surface area contributed by atoms with Crippen molar-refractivity contribution in [2.24, 2.45) is 0 Å². The molecule has 0 amide bonds. The minimum atomic E-state index is 0.151. The zero-order chi connectivity index (χ0) is 11.1. The van der Waals surface area contributed by atoms with Crippen LogP contribution in [0.15, 0.2) is 18.2 Å². The van der Waals surface area contributed by atoms with Crippen molar-refractivity contribution in [2.45, 2.75) is 19.8 Å². The van der Waals surface area contributed by atoms with E-state index in [4.69, 9.17) is 14.6 Å². The van der Waals surface area contributed by atoms with Crippen molar-refractivity contribution in [1.82, 2.24) is 0 Å². The summed E-state index contributed by atoms with van der Waals surface area (Å²) in [5.41, 5.74) is 1.05. The summed E-state index contributed by atoms with van der Waals surface area (Å²) in [6, 6.07) is 5.74. The second-order valence-electron chi connectivity index (χ2n) is 3.31. The molecule has 0 aromatic heterocycles. The largest absolute Gasteiger partial charge is 0.493 e. The molecule has 1 N–H and O–H groups in total. The number of rotatable bonds is 6. The Kier molecular flexibility index (Phi) is 4.98. The molecule has 0 atom stereocenters. The summed E-state index contributed by atoms with van der Waals surface area (Å²) in [7, 11) is 1.62. The molecule has 3 heteroatoms. The summed E-state index contributed by atoms with van der Waals surface area (Å²) >= 11 is 0. The molecule has 0 fully saturated rings. The number of aliphatic hydroxyl groups is 1. The van der Waals surface area contributed by atoms with Crippen molar-refractivity contribution in [2.75, 3.05) is 20.3 Å². The summed E-state index contributed by atoms with van der Waals surface area (Å²) in [5.74, 6) is 1.50. The van der Waals surface area contributed by atoms with Crippen LogP contribution in [0, 0.1) is 0 Å². The van der Waals surface area contributed by atoms with Gasteiger partial charge in [0.05, 0.1) is 13.7 Å². The van der Waals surface area contributed by atoms with Crippen molar-refractivity contribution in [3.05, 3.63) is 23.8 Å². The van der Waals surface area contributed by atoms with Gasteiger partial charge in [-0.15, -0.1) is 0 Å². The van der Waals surface area contributed by atoms with E-state index in [0.29, 0.717) is 13.0 Å². The highest BCUT2D eigenvalue weighted by Crippen LogP contribution is 2.28. The Labute approximate surface area is 90.6 Å². The maximum Gasteiger partial charge on any atom is 0.161 e. The first-order valence-electron chi connectivity index (χ1n) is 5.22.